The maximum atomic E-state index is 11.2. The largest absolute Gasteiger partial charge is 0.480 e. The number of aromatic nitrogens is 2. The van der Waals surface area contributed by atoms with Gasteiger partial charge in [0.1, 0.15) is 11.9 Å². The number of carbonyl (C=O) groups is 1. The third kappa shape index (κ3) is 2.82. The van der Waals surface area contributed by atoms with E-state index in [1.165, 1.54) is 11.1 Å². The fourth-order valence-electron chi connectivity index (χ4n) is 2.42. The van der Waals surface area contributed by atoms with Crippen molar-refractivity contribution in [2.75, 3.05) is 7.05 Å². The summed E-state index contributed by atoms with van der Waals surface area (Å²) in [6.45, 7) is 6.50. The van der Waals surface area contributed by atoms with Crippen LogP contribution in [0.1, 0.15) is 30.3 Å². The van der Waals surface area contributed by atoms with Crippen LogP contribution in [-0.2, 0) is 11.3 Å². The third-order valence-corrected chi connectivity index (χ3v) is 3.75. The summed E-state index contributed by atoms with van der Waals surface area (Å²) in [6.07, 6.45) is 0.574. The number of H-pyrrole nitrogens is 1. The van der Waals surface area contributed by atoms with Gasteiger partial charge in [0.2, 0.25) is 0 Å². The molecule has 1 atom stereocenters. The van der Waals surface area contributed by atoms with Gasteiger partial charge in [0.15, 0.2) is 0 Å². The van der Waals surface area contributed by atoms with Gasteiger partial charge >= 0.3 is 5.97 Å². The van der Waals surface area contributed by atoms with Crippen LogP contribution in [0.15, 0.2) is 12.1 Å². The summed E-state index contributed by atoms with van der Waals surface area (Å²) in [7, 11) is 1.81. The van der Waals surface area contributed by atoms with E-state index in [9.17, 15) is 4.79 Å². The predicted octanol–water partition coefficient (Wildman–Crippen LogP) is 2.47. The van der Waals surface area contributed by atoms with Crippen LogP contribution >= 0.6 is 0 Å². The highest BCUT2D eigenvalue weighted by Gasteiger charge is 2.21. The first-order valence-electron chi connectivity index (χ1n) is 6.81. The fourth-order valence-corrected chi connectivity index (χ4v) is 2.42. The van der Waals surface area contributed by atoms with Crippen molar-refractivity contribution in [3.8, 4) is 0 Å². The van der Waals surface area contributed by atoms with Gasteiger partial charge < -0.3 is 10.1 Å². The van der Waals surface area contributed by atoms with E-state index in [4.69, 9.17) is 5.11 Å². The van der Waals surface area contributed by atoms with Crippen LogP contribution in [0.3, 0.4) is 0 Å². The van der Waals surface area contributed by atoms with Crippen LogP contribution in [0, 0.1) is 13.8 Å². The van der Waals surface area contributed by atoms with Crippen LogP contribution < -0.4 is 0 Å². The molecule has 1 aromatic heterocycles. The number of aromatic amines is 1. The normalized spacial score (nSPS) is 13.1. The lowest BCUT2D eigenvalue weighted by molar-refractivity contribution is -0.143. The van der Waals surface area contributed by atoms with Crippen molar-refractivity contribution < 1.29 is 9.90 Å². The van der Waals surface area contributed by atoms with Crippen LogP contribution in [0.25, 0.3) is 11.0 Å². The van der Waals surface area contributed by atoms with Crippen molar-refractivity contribution in [3.63, 3.8) is 0 Å². The molecule has 0 bridgehead atoms. The Hall–Kier alpha value is -1.88. The minimum atomic E-state index is -0.794. The van der Waals surface area contributed by atoms with E-state index in [2.05, 4.69) is 35.9 Å². The highest BCUT2D eigenvalue weighted by Crippen LogP contribution is 2.18. The predicted molar refractivity (Wildman–Crippen MR) is 78.7 cm³/mol. The molecule has 0 fully saturated rings. The summed E-state index contributed by atoms with van der Waals surface area (Å²) >= 11 is 0. The molecule has 0 spiro atoms. The number of nitrogens with zero attached hydrogens (tertiary/aromatic N) is 2. The van der Waals surface area contributed by atoms with Gasteiger partial charge in [-0.3, -0.25) is 9.69 Å². The molecule has 1 heterocycles. The molecule has 0 amide bonds. The molecule has 0 aliphatic rings. The Bertz CT molecular complexity index is 594. The van der Waals surface area contributed by atoms with Crippen LogP contribution in [-0.4, -0.2) is 39.0 Å². The number of likely N-dealkylation sites (N-methyl/N-ethyl adjacent to an activating group) is 1. The van der Waals surface area contributed by atoms with Gasteiger partial charge in [0, 0.05) is 0 Å². The molecule has 20 heavy (non-hydrogen) atoms. The standard InChI is InChI=1S/C15H21N3O2/c1-5-13(15(19)20)18(4)8-14-16-11-6-9(2)10(3)7-12(11)17-14/h6-7,13H,5,8H2,1-4H3,(H,16,17)(H,19,20). The van der Waals surface area contributed by atoms with E-state index >= 15 is 0 Å². The Morgan fingerprint density at radius 2 is 2.05 bits per heavy atom. The molecule has 0 saturated heterocycles. The minimum absolute atomic E-state index is 0.480. The van der Waals surface area contributed by atoms with Gasteiger partial charge in [-0.2, -0.15) is 0 Å². The molecular formula is C15H21N3O2. The second-order valence-corrected chi connectivity index (χ2v) is 5.31. The van der Waals surface area contributed by atoms with Crippen LogP contribution in [0.4, 0.5) is 0 Å². The average molecular weight is 275 g/mol. The molecule has 2 N–H and O–H groups in total. The summed E-state index contributed by atoms with van der Waals surface area (Å²) in [5.41, 5.74) is 4.36. The van der Waals surface area contributed by atoms with E-state index < -0.39 is 12.0 Å². The number of benzene rings is 1. The van der Waals surface area contributed by atoms with Crippen molar-refractivity contribution in [2.24, 2.45) is 0 Å². The Balaban J connectivity index is 2.23. The molecule has 0 radical (unpaired) electrons. The lowest BCUT2D eigenvalue weighted by atomic mass is 10.1. The van der Waals surface area contributed by atoms with Crippen molar-refractivity contribution in [1.29, 1.82) is 0 Å². The van der Waals surface area contributed by atoms with Crippen molar-refractivity contribution in [2.45, 2.75) is 39.8 Å². The van der Waals surface area contributed by atoms with E-state index in [-0.39, 0.29) is 0 Å². The molecule has 1 unspecified atom stereocenters. The zero-order chi connectivity index (χ0) is 14.9. The molecule has 5 nitrogen and oxygen atoms in total. The Morgan fingerprint density at radius 1 is 1.40 bits per heavy atom. The van der Waals surface area contributed by atoms with Gasteiger partial charge in [-0.15, -0.1) is 0 Å². The van der Waals surface area contributed by atoms with Gasteiger partial charge in [-0.1, -0.05) is 6.92 Å². The smallest absolute Gasteiger partial charge is 0.320 e. The molecule has 2 rings (SSSR count). The number of hydrogen-bond acceptors (Lipinski definition) is 3. The number of fused-ring (bicyclic) bond motifs is 1. The van der Waals surface area contributed by atoms with Gasteiger partial charge in [0.25, 0.3) is 0 Å². The number of carboxylic acids is 1. The molecule has 0 aliphatic heterocycles. The lowest BCUT2D eigenvalue weighted by Gasteiger charge is -2.22. The Labute approximate surface area is 118 Å². The highest BCUT2D eigenvalue weighted by atomic mass is 16.4. The third-order valence-electron chi connectivity index (χ3n) is 3.75. The van der Waals surface area contributed by atoms with Gasteiger partial charge in [-0.05, 0) is 50.6 Å². The number of carboxylic acid groups (broad SMARTS) is 1. The number of nitrogens with one attached hydrogen (secondary N) is 1. The molecule has 0 saturated carbocycles. The van der Waals surface area contributed by atoms with E-state index in [1.807, 2.05) is 14.0 Å². The Kier molecular flexibility index (Phi) is 4.09. The van der Waals surface area contributed by atoms with Crippen molar-refractivity contribution in [1.82, 2.24) is 14.9 Å². The molecule has 108 valence electrons. The lowest BCUT2D eigenvalue weighted by Crippen LogP contribution is -2.37. The maximum Gasteiger partial charge on any atom is 0.320 e. The first-order valence-corrected chi connectivity index (χ1v) is 6.81. The van der Waals surface area contributed by atoms with Crippen LogP contribution in [0.5, 0.6) is 0 Å². The Morgan fingerprint density at radius 3 is 2.65 bits per heavy atom. The van der Waals surface area contributed by atoms with E-state index in [1.54, 1.807) is 4.90 Å². The van der Waals surface area contributed by atoms with Crippen LogP contribution in [0.2, 0.25) is 0 Å². The quantitative estimate of drug-likeness (QED) is 0.879. The number of hydrogen-bond donors (Lipinski definition) is 2. The monoisotopic (exact) mass is 275 g/mol. The summed E-state index contributed by atoms with van der Waals surface area (Å²) in [6, 6.07) is 3.65. The first kappa shape index (κ1) is 14.5. The SMILES string of the molecule is CCC(C(=O)O)N(C)Cc1nc2cc(C)c(C)cc2[nH]1. The summed E-state index contributed by atoms with van der Waals surface area (Å²) in [5.74, 6) is 0.00463. The summed E-state index contributed by atoms with van der Waals surface area (Å²) in [4.78, 5) is 20.8. The topological polar surface area (TPSA) is 69.2 Å². The molecule has 1 aromatic carbocycles. The second-order valence-electron chi connectivity index (χ2n) is 5.31. The fraction of sp³-hybridized carbons (Fsp3) is 0.467. The van der Waals surface area contributed by atoms with Crippen molar-refractivity contribution in [3.05, 3.63) is 29.1 Å². The zero-order valence-electron chi connectivity index (χ0n) is 12.4. The molecule has 0 aliphatic carbocycles. The first-order chi connectivity index (χ1) is 9.42. The highest BCUT2D eigenvalue weighted by molar-refractivity contribution is 5.77. The number of imidazole rings is 1. The molecule has 5 heteroatoms. The number of aryl methyl sites for hydroxylation is 2. The number of rotatable bonds is 5. The van der Waals surface area contributed by atoms with E-state index in [0.29, 0.717) is 13.0 Å². The molecule has 2 aromatic rings. The average Bonchev–Trinajstić information content (AvgIpc) is 2.71. The second kappa shape index (κ2) is 5.63. The maximum absolute atomic E-state index is 11.2. The molecular weight excluding hydrogens is 254 g/mol. The summed E-state index contributed by atoms with van der Waals surface area (Å²) in [5, 5.41) is 9.16. The zero-order valence-corrected chi connectivity index (χ0v) is 12.4. The van der Waals surface area contributed by atoms with Crippen molar-refractivity contribution >= 4 is 17.0 Å². The minimum Gasteiger partial charge on any atom is -0.480 e. The van der Waals surface area contributed by atoms with Gasteiger partial charge in [-0.25, -0.2) is 4.98 Å². The van der Waals surface area contributed by atoms with E-state index in [0.717, 1.165) is 16.9 Å². The number of aliphatic carboxylic acids is 1. The van der Waals surface area contributed by atoms with Gasteiger partial charge in [0.05, 0.1) is 17.6 Å². The summed E-state index contributed by atoms with van der Waals surface area (Å²) < 4.78 is 0.